The first-order valence-electron chi connectivity index (χ1n) is 4.96. The number of hydrogen-bond acceptors (Lipinski definition) is 3. The molecule has 2 rings (SSSR count). The maximum Gasteiger partial charge on any atom is 0.150 e. The third-order valence-electron chi connectivity index (χ3n) is 2.17. The van der Waals surface area contributed by atoms with Gasteiger partial charge < -0.3 is 10.5 Å². The molecule has 0 saturated heterocycles. The molecule has 0 radical (unpaired) electrons. The summed E-state index contributed by atoms with van der Waals surface area (Å²) in [7, 11) is 0. The summed E-state index contributed by atoms with van der Waals surface area (Å²) >= 11 is 11.9. The Balaban J connectivity index is 2.35. The molecule has 0 fully saturated rings. The fourth-order valence-corrected chi connectivity index (χ4v) is 1.79. The number of pyridine rings is 1. The number of benzene rings is 1. The predicted octanol–water partition coefficient (Wildman–Crippen LogP) is 3.64. The van der Waals surface area contributed by atoms with Crippen LogP contribution >= 0.6 is 23.2 Å². The van der Waals surface area contributed by atoms with Crippen LogP contribution in [0.2, 0.25) is 10.0 Å². The highest BCUT2D eigenvalue weighted by molar-refractivity contribution is 6.32. The summed E-state index contributed by atoms with van der Waals surface area (Å²) in [4.78, 5) is 3.93. The van der Waals surface area contributed by atoms with Crippen molar-refractivity contribution in [2.75, 3.05) is 0 Å². The van der Waals surface area contributed by atoms with Gasteiger partial charge in [-0.2, -0.15) is 0 Å². The first-order chi connectivity index (χ1) is 8.20. The van der Waals surface area contributed by atoms with E-state index in [4.69, 9.17) is 33.7 Å². The van der Waals surface area contributed by atoms with Crippen molar-refractivity contribution >= 4 is 23.2 Å². The van der Waals surface area contributed by atoms with Crippen LogP contribution in [0.15, 0.2) is 36.7 Å². The average molecular weight is 269 g/mol. The third kappa shape index (κ3) is 2.88. The Morgan fingerprint density at radius 1 is 1.24 bits per heavy atom. The van der Waals surface area contributed by atoms with Gasteiger partial charge in [0, 0.05) is 24.4 Å². The molecule has 0 saturated carbocycles. The van der Waals surface area contributed by atoms with E-state index in [1.807, 2.05) is 12.1 Å². The van der Waals surface area contributed by atoms with Crippen LogP contribution < -0.4 is 10.5 Å². The summed E-state index contributed by atoms with van der Waals surface area (Å²) in [5.74, 6) is 1.07. The van der Waals surface area contributed by atoms with Gasteiger partial charge in [-0.25, -0.2) is 0 Å². The molecule has 5 heteroatoms. The number of para-hydroxylation sites is 1. The number of halogens is 2. The van der Waals surface area contributed by atoms with Crippen LogP contribution in [0.1, 0.15) is 5.56 Å². The Kier molecular flexibility index (Phi) is 3.84. The minimum Gasteiger partial charge on any atom is -0.454 e. The zero-order chi connectivity index (χ0) is 12.3. The van der Waals surface area contributed by atoms with Crippen molar-refractivity contribution in [3.63, 3.8) is 0 Å². The molecule has 88 valence electrons. The molecule has 2 N–H and O–H groups in total. The lowest BCUT2D eigenvalue weighted by molar-refractivity contribution is 0.474. The summed E-state index contributed by atoms with van der Waals surface area (Å²) in [6.07, 6.45) is 3.10. The zero-order valence-electron chi connectivity index (χ0n) is 8.86. The van der Waals surface area contributed by atoms with E-state index in [1.165, 1.54) is 6.20 Å². The Morgan fingerprint density at radius 3 is 2.76 bits per heavy atom. The van der Waals surface area contributed by atoms with E-state index < -0.39 is 0 Å². The lowest BCUT2D eigenvalue weighted by atomic mass is 10.2. The van der Waals surface area contributed by atoms with Crippen LogP contribution in [0.25, 0.3) is 0 Å². The second kappa shape index (κ2) is 5.36. The van der Waals surface area contributed by atoms with Crippen molar-refractivity contribution in [3.8, 4) is 11.5 Å². The van der Waals surface area contributed by atoms with E-state index in [0.29, 0.717) is 28.1 Å². The quantitative estimate of drug-likeness (QED) is 0.925. The predicted molar refractivity (Wildman–Crippen MR) is 68.7 cm³/mol. The second-order valence-corrected chi connectivity index (χ2v) is 4.22. The molecule has 1 aromatic heterocycles. The molecule has 0 aliphatic rings. The van der Waals surface area contributed by atoms with Crippen LogP contribution in [0, 0.1) is 0 Å². The average Bonchev–Trinajstić information content (AvgIpc) is 2.32. The molecular formula is C12H10Cl2N2O. The van der Waals surface area contributed by atoms with Gasteiger partial charge >= 0.3 is 0 Å². The zero-order valence-corrected chi connectivity index (χ0v) is 10.4. The largest absolute Gasteiger partial charge is 0.454 e. The van der Waals surface area contributed by atoms with E-state index in [-0.39, 0.29) is 0 Å². The van der Waals surface area contributed by atoms with Gasteiger partial charge in [0.25, 0.3) is 0 Å². The van der Waals surface area contributed by atoms with E-state index >= 15 is 0 Å². The molecule has 0 amide bonds. The van der Waals surface area contributed by atoms with E-state index in [2.05, 4.69) is 4.98 Å². The summed E-state index contributed by atoms with van der Waals surface area (Å²) < 4.78 is 5.65. The normalized spacial score (nSPS) is 10.3. The van der Waals surface area contributed by atoms with Crippen molar-refractivity contribution in [2.45, 2.75) is 6.54 Å². The maximum absolute atomic E-state index is 6.06. The smallest absolute Gasteiger partial charge is 0.150 e. The molecular weight excluding hydrogens is 259 g/mol. The third-order valence-corrected chi connectivity index (χ3v) is 2.67. The Labute approximate surface area is 109 Å². The van der Waals surface area contributed by atoms with Gasteiger partial charge in [-0.15, -0.1) is 0 Å². The summed E-state index contributed by atoms with van der Waals surface area (Å²) in [6, 6.07) is 7.10. The number of hydrogen-bond donors (Lipinski definition) is 1. The van der Waals surface area contributed by atoms with E-state index in [9.17, 15) is 0 Å². The van der Waals surface area contributed by atoms with Crippen LogP contribution in [0.4, 0.5) is 0 Å². The van der Waals surface area contributed by atoms with E-state index in [1.54, 1.807) is 18.3 Å². The SMILES string of the molecule is NCc1cccc(Cl)c1Oc1cncc(Cl)c1. The molecule has 1 heterocycles. The Hall–Kier alpha value is -1.29. The first kappa shape index (κ1) is 12.2. The van der Waals surface area contributed by atoms with Gasteiger partial charge in [0.05, 0.1) is 16.2 Å². The number of rotatable bonds is 3. The molecule has 1 aromatic carbocycles. The molecule has 0 spiro atoms. The summed E-state index contributed by atoms with van der Waals surface area (Å²) in [5.41, 5.74) is 6.45. The highest BCUT2D eigenvalue weighted by Crippen LogP contribution is 2.33. The molecule has 0 aliphatic carbocycles. The molecule has 0 aliphatic heterocycles. The van der Waals surface area contributed by atoms with Gasteiger partial charge in [0.15, 0.2) is 5.75 Å². The van der Waals surface area contributed by atoms with Crippen LogP contribution in [-0.4, -0.2) is 4.98 Å². The summed E-state index contributed by atoms with van der Waals surface area (Å²) in [5, 5.41) is 1.01. The molecule has 0 atom stereocenters. The fraction of sp³-hybridized carbons (Fsp3) is 0.0833. The van der Waals surface area contributed by atoms with Crippen molar-refractivity contribution in [1.82, 2.24) is 4.98 Å². The van der Waals surface area contributed by atoms with Gasteiger partial charge in [-0.1, -0.05) is 35.3 Å². The van der Waals surface area contributed by atoms with Gasteiger partial charge in [-0.05, 0) is 6.07 Å². The number of nitrogens with zero attached hydrogens (tertiary/aromatic N) is 1. The lowest BCUT2D eigenvalue weighted by Crippen LogP contribution is -1.99. The Bertz CT molecular complexity index is 532. The van der Waals surface area contributed by atoms with Gasteiger partial charge in [0.1, 0.15) is 5.75 Å². The minimum absolute atomic E-state index is 0.351. The number of ether oxygens (including phenoxy) is 1. The fourth-order valence-electron chi connectivity index (χ4n) is 1.39. The van der Waals surface area contributed by atoms with Crippen LogP contribution in [0.3, 0.4) is 0 Å². The van der Waals surface area contributed by atoms with Crippen molar-refractivity contribution in [3.05, 3.63) is 52.3 Å². The maximum atomic E-state index is 6.06. The van der Waals surface area contributed by atoms with Gasteiger partial charge in [0.2, 0.25) is 0 Å². The highest BCUT2D eigenvalue weighted by Gasteiger charge is 2.08. The topological polar surface area (TPSA) is 48.1 Å². The lowest BCUT2D eigenvalue weighted by Gasteiger charge is -2.11. The van der Waals surface area contributed by atoms with Crippen LogP contribution in [-0.2, 0) is 6.54 Å². The van der Waals surface area contributed by atoms with Crippen LogP contribution in [0.5, 0.6) is 11.5 Å². The minimum atomic E-state index is 0.351. The van der Waals surface area contributed by atoms with Gasteiger partial charge in [-0.3, -0.25) is 4.98 Å². The van der Waals surface area contributed by atoms with Crippen molar-refractivity contribution in [2.24, 2.45) is 5.73 Å². The highest BCUT2D eigenvalue weighted by atomic mass is 35.5. The first-order valence-corrected chi connectivity index (χ1v) is 5.72. The number of nitrogens with two attached hydrogens (primary N) is 1. The van der Waals surface area contributed by atoms with Crippen molar-refractivity contribution in [1.29, 1.82) is 0 Å². The molecule has 0 bridgehead atoms. The standard InChI is InChI=1S/C12H10Cl2N2O/c13-9-4-10(7-16-6-9)17-12-8(5-15)2-1-3-11(12)14/h1-4,6-7H,5,15H2. The van der Waals surface area contributed by atoms with E-state index in [0.717, 1.165) is 5.56 Å². The van der Waals surface area contributed by atoms with Crippen molar-refractivity contribution < 1.29 is 4.74 Å². The second-order valence-electron chi connectivity index (χ2n) is 3.37. The summed E-state index contributed by atoms with van der Waals surface area (Å²) in [6.45, 7) is 0.351. The molecule has 17 heavy (non-hydrogen) atoms. The molecule has 0 unspecified atom stereocenters. The molecule has 3 nitrogen and oxygen atoms in total. The Morgan fingerprint density at radius 2 is 2.06 bits per heavy atom. The monoisotopic (exact) mass is 268 g/mol. The molecule has 2 aromatic rings. The number of aromatic nitrogens is 1.